The third kappa shape index (κ3) is 4.72. The van der Waals surface area contributed by atoms with Gasteiger partial charge in [0, 0.05) is 0 Å². The maximum Gasteiger partial charge on any atom is 0.416 e. The summed E-state index contributed by atoms with van der Waals surface area (Å²) in [6.07, 6.45) is -5.13. The standard InChI is InChI=1S/C19H21F3N2O3S/c20-19(21,22)16-6-8-17(9-7-16)28(26,27)24-12-10-23(11-13-24)14-18(25)15-4-2-1-3-5-15/h1-9,18,25H,10-14H2/p+1/t18-/m0/s1. The Morgan fingerprint density at radius 1 is 1.00 bits per heavy atom. The highest BCUT2D eigenvalue weighted by Gasteiger charge is 2.33. The molecule has 28 heavy (non-hydrogen) atoms. The molecule has 1 aliphatic heterocycles. The van der Waals surface area contributed by atoms with Gasteiger partial charge in [-0.05, 0) is 29.8 Å². The van der Waals surface area contributed by atoms with Crippen LogP contribution in [0.2, 0.25) is 0 Å². The minimum atomic E-state index is -4.50. The molecule has 0 saturated carbocycles. The van der Waals surface area contributed by atoms with Crippen LogP contribution in [0, 0.1) is 0 Å². The van der Waals surface area contributed by atoms with Gasteiger partial charge in [-0.2, -0.15) is 17.5 Å². The van der Waals surface area contributed by atoms with E-state index < -0.39 is 27.9 Å². The van der Waals surface area contributed by atoms with Gasteiger partial charge in [-0.3, -0.25) is 0 Å². The minimum Gasteiger partial charge on any atom is -0.382 e. The number of sulfonamides is 1. The van der Waals surface area contributed by atoms with Gasteiger partial charge in [-0.15, -0.1) is 0 Å². The summed E-state index contributed by atoms with van der Waals surface area (Å²) in [6, 6.07) is 12.8. The van der Waals surface area contributed by atoms with Crippen molar-refractivity contribution in [3.05, 3.63) is 65.7 Å². The van der Waals surface area contributed by atoms with Gasteiger partial charge >= 0.3 is 6.18 Å². The average molecular weight is 415 g/mol. The average Bonchev–Trinajstić information content (AvgIpc) is 2.68. The second kappa shape index (κ2) is 8.20. The van der Waals surface area contributed by atoms with E-state index in [1.54, 1.807) is 0 Å². The third-order valence-electron chi connectivity index (χ3n) is 4.92. The first kappa shape index (κ1) is 20.8. The van der Waals surface area contributed by atoms with E-state index in [0.29, 0.717) is 19.6 Å². The van der Waals surface area contributed by atoms with E-state index in [9.17, 15) is 26.7 Å². The lowest BCUT2D eigenvalue weighted by atomic mass is 10.1. The second-order valence-corrected chi connectivity index (χ2v) is 8.74. The first-order valence-corrected chi connectivity index (χ1v) is 10.4. The van der Waals surface area contributed by atoms with Crippen LogP contribution in [0.25, 0.3) is 0 Å². The SMILES string of the molecule is O=S(=O)(c1ccc(C(F)(F)F)cc1)N1CC[NH+](C[C@H](O)c2ccccc2)CC1. The van der Waals surface area contributed by atoms with Gasteiger partial charge in [0.1, 0.15) is 12.6 Å². The second-order valence-electron chi connectivity index (χ2n) is 6.81. The first-order valence-electron chi connectivity index (χ1n) is 8.92. The largest absolute Gasteiger partial charge is 0.416 e. The normalized spacial score (nSPS) is 18.1. The molecule has 0 unspecified atom stereocenters. The molecule has 2 N–H and O–H groups in total. The van der Waals surface area contributed by atoms with E-state index >= 15 is 0 Å². The fourth-order valence-corrected chi connectivity index (χ4v) is 4.72. The van der Waals surface area contributed by atoms with Crippen LogP contribution in [0.15, 0.2) is 59.5 Å². The van der Waals surface area contributed by atoms with Gasteiger partial charge in [0.2, 0.25) is 10.0 Å². The molecule has 0 bridgehead atoms. The van der Waals surface area contributed by atoms with Crippen LogP contribution in [0.1, 0.15) is 17.2 Å². The zero-order valence-corrected chi connectivity index (χ0v) is 15.9. The van der Waals surface area contributed by atoms with Crippen LogP contribution in [0.4, 0.5) is 13.2 Å². The van der Waals surface area contributed by atoms with Crippen molar-refractivity contribution < 1.29 is 31.6 Å². The highest BCUT2D eigenvalue weighted by atomic mass is 32.2. The summed E-state index contributed by atoms with van der Waals surface area (Å²) in [4.78, 5) is 0.934. The number of hydrogen-bond donors (Lipinski definition) is 2. The summed E-state index contributed by atoms with van der Waals surface area (Å²) in [5, 5.41) is 10.3. The summed E-state index contributed by atoms with van der Waals surface area (Å²) < 4.78 is 64.6. The fraction of sp³-hybridized carbons (Fsp3) is 0.368. The highest BCUT2D eigenvalue weighted by Crippen LogP contribution is 2.30. The maximum atomic E-state index is 12.7. The molecule has 2 aromatic carbocycles. The molecule has 0 amide bonds. The summed E-state index contributed by atoms with van der Waals surface area (Å²) in [5.74, 6) is 0. The Balaban J connectivity index is 1.60. The Hall–Kier alpha value is -1.94. The Bertz CT molecular complexity index is 879. The van der Waals surface area contributed by atoms with Crippen molar-refractivity contribution in [3.63, 3.8) is 0 Å². The molecule has 1 heterocycles. The smallest absolute Gasteiger partial charge is 0.382 e. The molecule has 1 saturated heterocycles. The van der Waals surface area contributed by atoms with E-state index in [0.717, 1.165) is 34.7 Å². The number of nitrogens with one attached hydrogen (secondary N) is 1. The van der Waals surface area contributed by atoms with Gasteiger partial charge < -0.3 is 10.0 Å². The summed E-state index contributed by atoms with van der Waals surface area (Å²) in [5.41, 5.74) is -0.0644. The van der Waals surface area contributed by atoms with E-state index in [1.165, 1.54) is 4.31 Å². The van der Waals surface area contributed by atoms with Crippen LogP contribution >= 0.6 is 0 Å². The summed E-state index contributed by atoms with van der Waals surface area (Å²) in [6.45, 7) is 2.01. The van der Waals surface area contributed by atoms with E-state index in [4.69, 9.17) is 0 Å². The Morgan fingerprint density at radius 2 is 1.57 bits per heavy atom. The molecule has 1 atom stereocenters. The molecule has 2 aromatic rings. The van der Waals surface area contributed by atoms with Gasteiger partial charge in [0.15, 0.2) is 0 Å². The lowest BCUT2D eigenvalue weighted by Crippen LogP contribution is -3.15. The number of piperazine rings is 1. The van der Waals surface area contributed by atoms with Crippen molar-refractivity contribution in [2.24, 2.45) is 0 Å². The number of alkyl halides is 3. The molecule has 0 spiro atoms. The maximum absolute atomic E-state index is 12.7. The number of benzene rings is 2. The van der Waals surface area contributed by atoms with Gasteiger partial charge in [0.05, 0.1) is 36.6 Å². The van der Waals surface area contributed by atoms with E-state index in [2.05, 4.69) is 0 Å². The summed E-state index contributed by atoms with van der Waals surface area (Å²) >= 11 is 0. The number of hydrogen-bond acceptors (Lipinski definition) is 3. The number of aliphatic hydroxyl groups is 1. The predicted molar refractivity (Wildman–Crippen MR) is 97.2 cm³/mol. The molecular weight excluding hydrogens is 393 g/mol. The van der Waals surface area contributed by atoms with Crippen molar-refractivity contribution in [1.29, 1.82) is 0 Å². The number of aliphatic hydroxyl groups excluding tert-OH is 1. The van der Waals surface area contributed by atoms with Crippen LogP contribution in [-0.4, -0.2) is 50.6 Å². The first-order chi connectivity index (χ1) is 13.2. The molecule has 0 radical (unpaired) electrons. The van der Waals surface area contributed by atoms with Crippen LogP contribution in [-0.2, 0) is 16.2 Å². The van der Waals surface area contributed by atoms with Crippen molar-refractivity contribution in [2.45, 2.75) is 17.2 Å². The van der Waals surface area contributed by atoms with E-state index in [1.807, 2.05) is 30.3 Å². The Kier molecular flexibility index (Phi) is 6.09. The van der Waals surface area contributed by atoms with Gasteiger partial charge in [0.25, 0.3) is 0 Å². The van der Waals surface area contributed by atoms with Crippen molar-refractivity contribution in [1.82, 2.24) is 4.31 Å². The van der Waals surface area contributed by atoms with E-state index in [-0.39, 0.29) is 18.0 Å². The van der Waals surface area contributed by atoms with Crippen LogP contribution < -0.4 is 4.90 Å². The fourth-order valence-electron chi connectivity index (χ4n) is 3.28. The molecular formula is C19H22F3N2O3S+. The van der Waals surface area contributed by atoms with Gasteiger partial charge in [-0.1, -0.05) is 30.3 Å². The molecule has 9 heteroatoms. The number of nitrogens with zero attached hydrogens (tertiary/aromatic N) is 1. The van der Waals surface area contributed by atoms with Crippen molar-refractivity contribution in [3.8, 4) is 0 Å². The molecule has 1 aliphatic rings. The van der Waals surface area contributed by atoms with Crippen LogP contribution in [0.3, 0.4) is 0 Å². The zero-order valence-electron chi connectivity index (χ0n) is 15.1. The lowest BCUT2D eigenvalue weighted by Gasteiger charge is -2.32. The molecule has 5 nitrogen and oxygen atoms in total. The Labute approximate surface area is 162 Å². The molecule has 0 aromatic heterocycles. The molecule has 3 rings (SSSR count). The molecule has 1 fully saturated rings. The predicted octanol–water partition coefficient (Wildman–Crippen LogP) is 1.33. The summed E-state index contributed by atoms with van der Waals surface area (Å²) in [7, 11) is -3.84. The quantitative estimate of drug-likeness (QED) is 0.775. The third-order valence-corrected chi connectivity index (χ3v) is 6.83. The number of rotatable bonds is 5. The zero-order chi connectivity index (χ0) is 20.4. The number of halogens is 3. The minimum absolute atomic E-state index is 0.145. The monoisotopic (exact) mass is 415 g/mol. The topological polar surface area (TPSA) is 62.0 Å². The molecule has 0 aliphatic carbocycles. The van der Waals surface area contributed by atoms with Crippen LogP contribution in [0.5, 0.6) is 0 Å². The van der Waals surface area contributed by atoms with Gasteiger partial charge in [-0.25, -0.2) is 8.42 Å². The van der Waals surface area contributed by atoms with Crippen molar-refractivity contribution >= 4 is 10.0 Å². The van der Waals surface area contributed by atoms with Crippen molar-refractivity contribution in [2.75, 3.05) is 32.7 Å². The molecule has 152 valence electrons. The Morgan fingerprint density at radius 3 is 2.11 bits per heavy atom. The number of quaternary nitrogens is 1. The lowest BCUT2D eigenvalue weighted by molar-refractivity contribution is -0.907. The highest BCUT2D eigenvalue weighted by molar-refractivity contribution is 7.89.